The molecule has 0 radical (unpaired) electrons. The van der Waals surface area contributed by atoms with Crippen LogP contribution in [0.4, 0.5) is 0 Å². The van der Waals surface area contributed by atoms with Gasteiger partial charge in [-0.15, -0.1) is 0 Å². The van der Waals surface area contributed by atoms with Gasteiger partial charge in [0.25, 0.3) is 0 Å². The van der Waals surface area contributed by atoms with E-state index in [1.807, 2.05) is 37.3 Å². The number of hydrogen-bond donors (Lipinski definition) is 0. The smallest absolute Gasteiger partial charge is 0.220 e. The van der Waals surface area contributed by atoms with Crippen LogP contribution in [0.25, 0.3) is 0 Å². The van der Waals surface area contributed by atoms with Crippen LogP contribution < -0.4 is 5.30 Å². The van der Waals surface area contributed by atoms with Crippen LogP contribution in [-0.2, 0) is 9.09 Å². The molecule has 60 valence electrons. The lowest BCUT2D eigenvalue weighted by Crippen LogP contribution is -1.95. The fourth-order valence-electron chi connectivity index (χ4n) is 0.789. The molecule has 1 atom stereocenters. The van der Waals surface area contributed by atoms with Crippen LogP contribution in [0.1, 0.15) is 6.92 Å². The summed E-state index contributed by atoms with van der Waals surface area (Å²) in [5, 5.41) is 0.791. The normalized spacial score (nSPS) is 12.8. The molecule has 2 nitrogen and oxygen atoms in total. The van der Waals surface area contributed by atoms with Crippen molar-refractivity contribution in [2.45, 2.75) is 6.92 Å². The minimum atomic E-state index is -1.97. The molecule has 0 aliphatic carbocycles. The molecule has 0 aliphatic rings. The molecule has 0 heterocycles. The summed E-state index contributed by atoms with van der Waals surface area (Å²) in [5.41, 5.74) is 0. The Bertz CT molecular complexity index is 233. The Hall–Kier alpha value is -0.590. The zero-order chi connectivity index (χ0) is 8.10. The maximum Gasteiger partial charge on any atom is 0.220 e. The van der Waals surface area contributed by atoms with E-state index in [2.05, 4.69) is 0 Å². The van der Waals surface area contributed by atoms with Gasteiger partial charge in [0, 0.05) is 5.30 Å². The van der Waals surface area contributed by atoms with Gasteiger partial charge in [-0.1, -0.05) is 18.2 Å². The van der Waals surface area contributed by atoms with Crippen LogP contribution in [0.2, 0.25) is 0 Å². The molecule has 3 heteroatoms. The Morgan fingerprint density at radius 3 is 2.55 bits per heavy atom. The molecular formula is C8H11O2P. The van der Waals surface area contributed by atoms with Crippen molar-refractivity contribution in [3.8, 4) is 0 Å². The highest BCUT2D eigenvalue weighted by Crippen LogP contribution is 2.19. The van der Waals surface area contributed by atoms with Gasteiger partial charge in [-0.2, -0.15) is 0 Å². The highest BCUT2D eigenvalue weighted by atomic mass is 31.1. The lowest BCUT2D eigenvalue weighted by molar-refractivity contribution is 0.357. The second-order valence-corrected chi connectivity index (χ2v) is 3.53. The van der Waals surface area contributed by atoms with Gasteiger partial charge in [0.2, 0.25) is 8.03 Å². The minimum Gasteiger partial charge on any atom is -0.328 e. The molecule has 0 bridgehead atoms. The highest BCUT2D eigenvalue weighted by molar-refractivity contribution is 7.48. The summed E-state index contributed by atoms with van der Waals surface area (Å²) >= 11 is 0. The summed E-state index contributed by atoms with van der Waals surface area (Å²) in [6.07, 6.45) is 0. The first-order chi connectivity index (χ1) is 5.34. The first kappa shape index (κ1) is 8.51. The van der Waals surface area contributed by atoms with Gasteiger partial charge in [0.15, 0.2) is 0 Å². The first-order valence-electron chi connectivity index (χ1n) is 3.56. The first-order valence-corrected chi connectivity index (χ1v) is 4.88. The van der Waals surface area contributed by atoms with Crippen LogP contribution in [0.3, 0.4) is 0 Å². The number of hydrogen-bond acceptors (Lipinski definition) is 2. The number of rotatable bonds is 3. The Morgan fingerprint density at radius 2 is 2.00 bits per heavy atom. The second kappa shape index (κ2) is 4.32. The molecule has 0 aromatic heterocycles. The topological polar surface area (TPSA) is 26.3 Å². The molecule has 1 rings (SSSR count). The van der Waals surface area contributed by atoms with Crippen molar-refractivity contribution in [2.24, 2.45) is 0 Å². The van der Waals surface area contributed by atoms with Crippen LogP contribution >= 0.6 is 8.03 Å². The van der Waals surface area contributed by atoms with Crippen LogP contribution in [0.5, 0.6) is 0 Å². The predicted molar refractivity (Wildman–Crippen MR) is 46.7 cm³/mol. The molecule has 0 saturated carbocycles. The Labute approximate surface area is 67.1 Å². The van der Waals surface area contributed by atoms with Gasteiger partial charge in [-0.25, -0.2) is 0 Å². The quantitative estimate of drug-likeness (QED) is 0.647. The van der Waals surface area contributed by atoms with E-state index in [0.717, 1.165) is 5.30 Å². The summed E-state index contributed by atoms with van der Waals surface area (Å²) in [6, 6.07) is 9.24. The zero-order valence-electron chi connectivity index (χ0n) is 6.41. The van der Waals surface area contributed by atoms with E-state index in [0.29, 0.717) is 6.61 Å². The molecule has 0 spiro atoms. The van der Waals surface area contributed by atoms with Crippen molar-refractivity contribution in [3.05, 3.63) is 30.3 Å². The summed E-state index contributed by atoms with van der Waals surface area (Å²) in [5.74, 6) is 0. The molecule has 1 aromatic rings. The van der Waals surface area contributed by atoms with E-state index in [4.69, 9.17) is 4.52 Å². The van der Waals surface area contributed by atoms with Crippen molar-refractivity contribution in [3.63, 3.8) is 0 Å². The average Bonchev–Trinajstić information content (AvgIpc) is 2.07. The summed E-state index contributed by atoms with van der Waals surface area (Å²) in [7, 11) is -1.97. The minimum absolute atomic E-state index is 0.507. The molecule has 0 saturated heterocycles. The van der Waals surface area contributed by atoms with E-state index >= 15 is 0 Å². The van der Waals surface area contributed by atoms with Gasteiger partial charge in [-0.3, -0.25) is 4.57 Å². The molecule has 0 N–H and O–H groups in total. The Balaban J connectivity index is 2.69. The van der Waals surface area contributed by atoms with Crippen molar-refractivity contribution in [2.75, 3.05) is 6.61 Å². The third-order valence-corrected chi connectivity index (χ3v) is 2.64. The lowest BCUT2D eigenvalue weighted by Gasteiger charge is -1.99. The monoisotopic (exact) mass is 170 g/mol. The lowest BCUT2D eigenvalue weighted by atomic mass is 10.4. The molecule has 1 aromatic carbocycles. The van der Waals surface area contributed by atoms with Crippen LogP contribution in [0.15, 0.2) is 30.3 Å². The van der Waals surface area contributed by atoms with Gasteiger partial charge < -0.3 is 4.52 Å². The predicted octanol–water partition coefficient (Wildman–Crippen LogP) is 1.82. The second-order valence-electron chi connectivity index (χ2n) is 2.09. The SMILES string of the molecule is CCO[PH](=O)c1ccccc1. The highest BCUT2D eigenvalue weighted by Gasteiger charge is 1.99. The third-order valence-electron chi connectivity index (χ3n) is 1.28. The van der Waals surface area contributed by atoms with Crippen LogP contribution in [-0.4, -0.2) is 6.61 Å². The number of benzene rings is 1. The zero-order valence-corrected chi connectivity index (χ0v) is 7.41. The average molecular weight is 170 g/mol. The van der Waals surface area contributed by atoms with Gasteiger partial charge in [0.05, 0.1) is 6.61 Å². The van der Waals surface area contributed by atoms with Gasteiger partial charge >= 0.3 is 0 Å². The van der Waals surface area contributed by atoms with Crippen molar-refractivity contribution >= 4 is 13.3 Å². The van der Waals surface area contributed by atoms with E-state index in [1.54, 1.807) is 0 Å². The molecule has 0 fully saturated rings. The molecule has 0 aliphatic heterocycles. The third kappa shape index (κ3) is 2.49. The van der Waals surface area contributed by atoms with Crippen LogP contribution in [0, 0.1) is 0 Å². The van der Waals surface area contributed by atoms with Crippen molar-refractivity contribution in [1.29, 1.82) is 0 Å². The molecule has 0 amide bonds. The van der Waals surface area contributed by atoms with Gasteiger partial charge in [-0.05, 0) is 19.1 Å². The standard InChI is InChI=1S/C8H11O2P/c1-2-10-11(9)8-6-4-3-5-7-8/h3-7,11H,2H2,1H3. The maximum absolute atomic E-state index is 11.2. The summed E-state index contributed by atoms with van der Waals surface area (Å²) in [6.45, 7) is 2.35. The summed E-state index contributed by atoms with van der Waals surface area (Å²) in [4.78, 5) is 0. The van der Waals surface area contributed by atoms with Crippen molar-refractivity contribution < 1.29 is 9.09 Å². The van der Waals surface area contributed by atoms with E-state index in [-0.39, 0.29) is 0 Å². The van der Waals surface area contributed by atoms with E-state index < -0.39 is 8.03 Å². The maximum atomic E-state index is 11.2. The Kier molecular flexibility index (Phi) is 3.34. The summed E-state index contributed by atoms with van der Waals surface area (Å²) < 4.78 is 16.2. The van der Waals surface area contributed by atoms with E-state index in [1.165, 1.54) is 0 Å². The van der Waals surface area contributed by atoms with E-state index in [9.17, 15) is 4.57 Å². The van der Waals surface area contributed by atoms with Gasteiger partial charge in [0.1, 0.15) is 0 Å². The molecular weight excluding hydrogens is 159 g/mol. The fourth-order valence-corrected chi connectivity index (χ4v) is 1.68. The van der Waals surface area contributed by atoms with Crippen molar-refractivity contribution in [1.82, 2.24) is 0 Å². The Morgan fingerprint density at radius 1 is 1.36 bits per heavy atom. The molecule has 1 unspecified atom stereocenters. The molecule has 11 heavy (non-hydrogen) atoms. The largest absolute Gasteiger partial charge is 0.328 e. The fraction of sp³-hybridized carbons (Fsp3) is 0.250.